The largest absolute Gasteiger partial charge is 0.472 e. The van der Waals surface area contributed by atoms with E-state index in [0.29, 0.717) is 0 Å². The van der Waals surface area contributed by atoms with E-state index in [4.69, 9.17) is 4.42 Å². The summed E-state index contributed by atoms with van der Waals surface area (Å²) in [5.41, 5.74) is 7.75. The van der Waals surface area contributed by atoms with Crippen molar-refractivity contribution in [3.63, 3.8) is 0 Å². The first-order chi connectivity index (χ1) is 12.4. The molecule has 4 aromatic heterocycles. The molecule has 0 aromatic carbocycles. The first kappa shape index (κ1) is 14.2. The minimum atomic E-state index is 0.923. The van der Waals surface area contributed by atoms with E-state index in [2.05, 4.69) is 44.8 Å². The fourth-order valence-corrected chi connectivity index (χ4v) is 3.47. The molecule has 5 rings (SSSR count). The third kappa shape index (κ3) is 2.47. The minimum Gasteiger partial charge on any atom is -0.472 e. The molecule has 0 amide bonds. The van der Waals surface area contributed by atoms with Crippen LogP contribution in [0.5, 0.6) is 0 Å². The van der Waals surface area contributed by atoms with Gasteiger partial charge in [-0.15, -0.1) is 0 Å². The molecule has 1 aliphatic carbocycles. The molecule has 0 radical (unpaired) electrons. The molecule has 0 spiro atoms. The molecule has 4 nitrogen and oxygen atoms in total. The molecule has 0 atom stereocenters. The molecule has 0 unspecified atom stereocenters. The van der Waals surface area contributed by atoms with E-state index < -0.39 is 0 Å². The average molecular weight is 327 g/mol. The Bertz CT molecular complexity index is 1070. The van der Waals surface area contributed by atoms with Crippen LogP contribution in [0.15, 0.2) is 71.9 Å². The standard InChI is InChI=1S/C21H17N3O/c1-2-4-15(3-1)19-11-17(5-8-22-19)20-13-23-21-12-16(6-9-24(20)21)18-7-10-25-14-18/h3,5-14H,1-2,4H2. The van der Waals surface area contributed by atoms with E-state index >= 15 is 0 Å². The fourth-order valence-electron chi connectivity index (χ4n) is 3.47. The van der Waals surface area contributed by atoms with Gasteiger partial charge >= 0.3 is 0 Å². The zero-order valence-electron chi connectivity index (χ0n) is 13.7. The number of aromatic nitrogens is 3. The molecule has 0 aliphatic heterocycles. The van der Waals surface area contributed by atoms with Crippen molar-refractivity contribution in [3.05, 3.63) is 73.2 Å². The SMILES string of the molecule is C1=C(c2cc(-c3cnc4cc(-c5ccoc5)ccn34)ccn2)CCC1. The quantitative estimate of drug-likeness (QED) is 0.518. The summed E-state index contributed by atoms with van der Waals surface area (Å²) < 4.78 is 7.29. The van der Waals surface area contributed by atoms with Crippen LogP contribution in [0.4, 0.5) is 0 Å². The van der Waals surface area contributed by atoms with Crippen LogP contribution in [0.3, 0.4) is 0 Å². The van der Waals surface area contributed by atoms with E-state index in [1.54, 1.807) is 12.5 Å². The van der Waals surface area contributed by atoms with Gasteiger partial charge in [-0.3, -0.25) is 9.38 Å². The molecule has 4 heteroatoms. The van der Waals surface area contributed by atoms with Crippen molar-refractivity contribution in [1.29, 1.82) is 0 Å². The summed E-state index contributed by atoms with van der Waals surface area (Å²) in [7, 11) is 0. The number of fused-ring (bicyclic) bond motifs is 1. The zero-order valence-corrected chi connectivity index (χ0v) is 13.7. The Balaban J connectivity index is 1.58. The number of hydrogen-bond donors (Lipinski definition) is 0. The van der Waals surface area contributed by atoms with Gasteiger partial charge in [0.1, 0.15) is 5.65 Å². The van der Waals surface area contributed by atoms with Crippen molar-refractivity contribution in [2.75, 3.05) is 0 Å². The van der Waals surface area contributed by atoms with Crippen LogP contribution in [-0.4, -0.2) is 14.4 Å². The highest BCUT2D eigenvalue weighted by Crippen LogP contribution is 2.30. The summed E-state index contributed by atoms with van der Waals surface area (Å²) in [5, 5.41) is 0. The van der Waals surface area contributed by atoms with Crippen molar-refractivity contribution in [1.82, 2.24) is 14.4 Å². The second-order valence-electron chi connectivity index (χ2n) is 6.35. The number of pyridine rings is 2. The number of rotatable bonds is 3. The summed E-state index contributed by atoms with van der Waals surface area (Å²) in [6.07, 6.45) is 15.1. The molecule has 25 heavy (non-hydrogen) atoms. The molecule has 1 aliphatic rings. The molecule has 0 saturated heterocycles. The lowest BCUT2D eigenvalue weighted by Gasteiger charge is -2.06. The maximum Gasteiger partial charge on any atom is 0.137 e. The van der Waals surface area contributed by atoms with E-state index in [0.717, 1.165) is 46.6 Å². The molecule has 0 N–H and O–H groups in total. The second kappa shape index (κ2) is 5.74. The Morgan fingerprint density at radius 1 is 1.00 bits per heavy atom. The number of nitrogens with zero attached hydrogens (tertiary/aromatic N) is 3. The topological polar surface area (TPSA) is 43.3 Å². The van der Waals surface area contributed by atoms with E-state index in [-0.39, 0.29) is 0 Å². The molecule has 4 aromatic rings. The van der Waals surface area contributed by atoms with Crippen molar-refractivity contribution in [2.45, 2.75) is 19.3 Å². The monoisotopic (exact) mass is 327 g/mol. The summed E-state index contributed by atoms with van der Waals surface area (Å²) >= 11 is 0. The van der Waals surface area contributed by atoms with E-state index in [1.807, 2.05) is 24.5 Å². The van der Waals surface area contributed by atoms with Crippen LogP contribution >= 0.6 is 0 Å². The number of furan rings is 1. The van der Waals surface area contributed by atoms with Gasteiger partial charge < -0.3 is 4.42 Å². The maximum absolute atomic E-state index is 5.18. The first-order valence-corrected chi connectivity index (χ1v) is 8.54. The van der Waals surface area contributed by atoms with Gasteiger partial charge in [-0.05, 0) is 60.7 Å². The fraction of sp³-hybridized carbons (Fsp3) is 0.143. The third-order valence-corrected chi connectivity index (χ3v) is 4.79. The molecule has 0 bridgehead atoms. The van der Waals surface area contributed by atoms with Gasteiger partial charge in [-0.25, -0.2) is 4.98 Å². The Morgan fingerprint density at radius 3 is 2.84 bits per heavy atom. The van der Waals surface area contributed by atoms with Crippen LogP contribution in [0, 0.1) is 0 Å². The number of hydrogen-bond acceptors (Lipinski definition) is 3. The Hall–Kier alpha value is -3.14. The lowest BCUT2D eigenvalue weighted by atomic mass is 10.1. The normalized spacial score (nSPS) is 14.2. The van der Waals surface area contributed by atoms with Gasteiger partial charge in [0.15, 0.2) is 0 Å². The number of imidazole rings is 1. The minimum absolute atomic E-state index is 0.923. The molecular formula is C21H17N3O. The molecular weight excluding hydrogens is 310 g/mol. The van der Waals surface area contributed by atoms with Crippen molar-refractivity contribution in [3.8, 4) is 22.4 Å². The van der Waals surface area contributed by atoms with Crippen molar-refractivity contribution in [2.24, 2.45) is 0 Å². The van der Waals surface area contributed by atoms with Crippen LogP contribution in [-0.2, 0) is 0 Å². The smallest absolute Gasteiger partial charge is 0.137 e. The predicted octanol–water partition coefficient (Wildman–Crippen LogP) is 5.22. The summed E-state index contributed by atoms with van der Waals surface area (Å²) in [6.45, 7) is 0. The maximum atomic E-state index is 5.18. The van der Waals surface area contributed by atoms with E-state index in [1.165, 1.54) is 12.0 Å². The van der Waals surface area contributed by atoms with Gasteiger partial charge in [0.05, 0.1) is 30.1 Å². The van der Waals surface area contributed by atoms with Crippen molar-refractivity contribution < 1.29 is 4.42 Å². The van der Waals surface area contributed by atoms with Gasteiger partial charge in [-0.1, -0.05) is 6.08 Å². The molecule has 0 fully saturated rings. The predicted molar refractivity (Wildman–Crippen MR) is 98.0 cm³/mol. The van der Waals surface area contributed by atoms with Crippen LogP contribution in [0.1, 0.15) is 25.0 Å². The first-order valence-electron chi connectivity index (χ1n) is 8.54. The molecule has 4 heterocycles. The highest BCUT2D eigenvalue weighted by atomic mass is 16.3. The van der Waals surface area contributed by atoms with Gasteiger partial charge in [0.2, 0.25) is 0 Å². The van der Waals surface area contributed by atoms with Gasteiger partial charge in [0, 0.05) is 23.5 Å². The van der Waals surface area contributed by atoms with E-state index in [9.17, 15) is 0 Å². The van der Waals surface area contributed by atoms with Crippen LogP contribution in [0.2, 0.25) is 0 Å². The molecule has 0 saturated carbocycles. The summed E-state index contributed by atoms with van der Waals surface area (Å²) in [5.74, 6) is 0. The Morgan fingerprint density at radius 2 is 2.00 bits per heavy atom. The molecule has 122 valence electrons. The highest BCUT2D eigenvalue weighted by molar-refractivity contribution is 5.73. The van der Waals surface area contributed by atoms with Crippen LogP contribution in [0.25, 0.3) is 33.6 Å². The zero-order chi connectivity index (χ0) is 16.6. The average Bonchev–Trinajstić information content (AvgIpc) is 3.42. The van der Waals surface area contributed by atoms with Crippen LogP contribution < -0.4 is 0 Å². The highest BCUT2D eigenvalue weighted by Gasteiger charge is 2.12. The number of allylic oxidation sites excluding steroid dienone is 2. The van der Waals surface area contributed by atoms with Crippen molar-refractivity contribution >= 4 is 11.2 Å². The van der Waals surface area contributed by atoms with Gasteiger partial charge in [-0.2, -0.15) is 0 Å². The Labute approximate surface area is 145 Å². The Kier molecular flexibility index (Phi) is 3.27. The lowest BCUT2D eigenvalue weighted by Crippen LogP contribution is -1.92. The lowest BCUT2D eigenvalue weighted by molar-refractivity contribution is 0.568. The third-order valence-electron chi connectivity index (χ3n) is 4.79. The second-order valence-corrected chi connectivity index (χ2v) is 6.35. The summed E-state index contributed by atoms with van der Waals surface area (Å²) in [6, 6.07) is 10.3. The summed E-state index contributed by atoms with van der Waals surface area (Å²) in [4.78, 5) is 9.14. The van der Waals surface area contributed by atoms with Gasteiger partial charge in [0.25, 0.3) is 0 Å².